The van der Waals surface area contributed by atoms with Gasteiger partial charge in [0.25, 0.3) is 0 Å². The molecule has 30 heavy (non-hydrogen) atoms. The number of morpholine rings is 1. The van der Waals surface area contributed by atoms with Gasteiger partial charge < -0.3 is 24.6 Å². The number of nitrogens with zero attached hydrogens (tertiary/aromatic N) is 1. The van der Waals surface area contributed by atoms with Crippen LogP contribution in [0, 0.1) is 0 Å². The summed E-state index contributed by atoms with van der Waals surface area (Å²) >= 11 is 0. The van der Waals surface area contributed by atoms with Crippen LogP contribution in [0.25, 0.3) is 0 Å². The average molecular weight is 420 g/mol. The third-order valence-corrected chi connectivity index (χ3v) is 5.14. The van der Waals surface area contributed by atoms with E-state index in [1.54, 1.807) is 25.7 Å². The van der Waals surface area contributed by atoms with Crippen molar-refractivity contribution in [3.63, 3.8) is 0 Å². The highest BCUT2D eigenvalue weighted by molar-refractivity contribution is 5.85. The van der Waals surface area contributed by atoms with Gasteiger partial charge in [-0.25, -0.2) is 14.4 Å². The Labute approximate surface area is 175 Å². The van der Waals surface area contributed by atoms with Crippen LogP contribution in [-0.4, -0.2) is 64.6 Å². The van der Waals surface area contributed by atoms with Crippen LogP contribution in [-0.2, 0) is 25.6 Å². The van der Waals surface area contributed by atoms with Crippen molar-refractivity contribution < 1.29 is 33.7 Å². The number of alkyl carbamates (subject to hydrolysis) is 1. The van der Waals surface area contributed by atoms with Gasteiger partial charge in [0.1, 0.15) is 17.7 Å². The molecule has 1 aromatic rings. The molecule has 2 heterocycles. The number of fused-ring (bicyclic) bond motifs is 2. The number of amides is 2. The molecule has 2 amide bonds. The smallest absolute Gasteiger partial charge is 0.410 e. The Hall–Kier alpha value is -2.81. The fourth-order valence-corrected chi connectivity index (χ4v) is 3.92. The Kier molecular flexibility index (Phi) is 6.21. The minimum Gasteiger partial charge on any atom is -0.480 e. The van der Waals surface area contributed by atoms with Crippen LogP contribution < -0.4 is 5.32 Å². The minimum atomic E-state index is -1.54. The van der Waals surface area contributed by atoms with E-state index in [1.807, 2.05) is 30.3 Å². The summed E-state index contributed by atoms with van der Waals surface area (Å²) in [4.78, 5) is 38.8. The zero-order valence-corrected chi connectivity index (χ0v) is 17.4. The third kappa shape index (κ3) is 5.02. The van der Waals surface area contributed by atoms with E-state index in [-0.39, 0.29) is 32.7 Å². The van der Waals surface area contributed by atoms with E-state index in [0.717, 1.165) is 5.56 Å². The first kappa shape index (κ1) is 21.9. The molecule has 3 rings (SSSR count). The van der Waals surface area contributed by atoms with Gasteiger partial charge in [0, 0.05) is 12.8 Å². The second-order valence-corrected chi connectivity index (χ2v) is 8.71. The molecule has 0 radical (unpaired) electrons. The maximum atomic E-state index is 12.8. The summed E-state index contributed by atoms with van der Waals surface area (Å²) in [5.74, 6) is -1.16. The van der Waals surface area contributed by atoms with Crippen molar-refractivity contribution in [3.05, 3.63) is 35.9 Å². The van der Waals surface area contributed by atoms with Crippen LogP contribution >= 0.6 is 0 Å². The van der Waals surface area contributed by atoms with Crippen molar-refractivity contribution in [2.45, 2.75) is 63.4 Å². The Morgan fingerprint density at radius 1 is 1.17 bits per heavy atom. The molecule has 9 nitrogen and oxygen atoms in total. The first-order chi connectivity index (χ1) is 14.1. The second-order valence-electron chi connectivity index (χ2n) is 8.71. The molecule has 2 unspecified atom stereocenters. The lowest BCUT2D eigenvalue weighted by molar-refractivity contribution is -0.155. The van der Waals surface area contributed by atoms with Gasteiger partial charge in [0.05, 0.1) is 25.3 Å². The van der Waals surface area contributed by atoms with E-state index in [4.69, 9.17) is 14.2 Å². The number of benzene rings is 1. The van der Waals surface area contributed by atoms with Crippen LogP contribution in [0.15, 0.2) is 30.3 Å². The predicted molar refractivity (Wildman–Crippen MR) is 106 cm³/mol. The second kappa shape index (κ2) is 8.51. The highest BCUT2D eigenvalue weighted by Gasteiger charge is 2.54. The molecule has 0 spiro atoms. The van der Waals surface area contributed by atoms with E-state index in [9.17, 15) is 19.5 Å². The van der Waals surface area contributed by atoms with Crippen molar-refractivity contribution in [1.82, 2.24) is 10.2 Å². The largest absolute Gasteiger partial charge is 0.480 e. The molecule has 0 aliphatic carbocycles. The molecular formula is C21H28N2O7. The van der Waals surface area contributed by atoms with E-state index in [2.05, 4.69) is 5.32 Å². The van der Waals surface area contributed by atoms with Crippen LogP contribution in [0.4, 0.5) is 9.59 Å². The van der Waals surface area contributed by atoms with Gasteiger partial charge in [-0.15, -0.1) is 0 Å². The van der Waals surface area contributed by atoms with Crippen LogP contribution in [0.1, 0.15) is 39.2 Å². The highest BCUT2D eigenvalue weighted by atomic mass is 16.6. The summed E-state index contributed by atoms with van der Waals surface area (Å²) in [5, 5.41) is 12.5. The van der Waals surface area contributed by atoms with Gasteiger partial charge in [-0.1, -0.05) is 30.3 Å². The third-order valence-electron chi connectivity index (χ3n) is 5.14. The molecule has 2 aliphatic heterocycles. The standard InChI is InChI=1S/C21H28N2O7/c1-20(2,3)30-18(26)22-21(17(24)25)9-15-12-28-13-16(10-21)23(15)19(27)29-11-14-7-5-4-6-8-14/h4-8,15-16H,9-13H2,1-3H3,(H,22,26)(H,24,25). The average Bonchev–Trinajstić information content (AvgIpc) is 2.64. The summed E-state index contributed by atoms with van der Waals surface area (Å²) in [7, 11) is 0. The number of carboxylic acid groups (broad SMARTS) is 1. The summed E-state index contributed by atoms with van der Waals surface area (Å²) in [5.41, 5.74) is -1.45. The fourth-order valence-electron chi connectivity index (χ4n) is 3.92. The van der Waals surface area contributed by atoms with E-state index in [0.29, 0.717) is 0 Å². The summed E-state index contributed by atoms with van der Waals surface area (Å²) in [6.45, 7) is 5.57. The first-order valence-electron chi connectivity index (χ1n) is 9.91. The molecule has 0 aromatic heterocycles. The number of carboxylic acids is 1. The van der Waals surface area contributed by atoms with Crippen LogP contribution in [0.3, 0.4) is 0 Å². The number of piperidine rings is 1. The summed E-state index contributed by atoms with van der Waals surface area (Å²) in [6.07, 6.45) is -1.32. The lowest BCUT2D eigenvalue weighted by atomic mass is 9.78. The zero-order chi connectivity index (χ0) is 21.9. The fraction of sp³-hybridized carbons (Fsp3) is 0.571. The van der Waals surface area contributed by atoms with Gasteiger partial charge in [0.15, 0.2) is 0 Å². The van der Waals surface area contributed by atoms with Gasteiger partial charge in [-0.2, -0.15) is 0 Å². The van der Waals surface area contributed by atoms with Crippen LogP contribution in [0.5, 0.6) is 0 Å². The monoisotopic (exact) mass is 420 g/mol. The normalized spacial score (nSPS) is 25.9. The molecule has 2 aliphatic rings. The molecule has 2 fully saturated rings. The maximum Gasteiger partial charge on any atom is 0.410 e. The number of hydrogen-bond acceptors (Lipinski definition) is 6. The van der Waals surface area contributed by atoms with Crippen LogP contribution in [0.2, 0.25) is 0 Å². The Bertz CT molecular complexity index is 776. The van der Waals surface area contributed by atoms with Gasteiger partial charge >= 0.3 is 18.2 Å². The Morgan fingerprint density at radius 2 is 1.77 bits per heavy atom. The number of rotatable bonds is 4. The quantitative estimate of drug-likeness (QED) is 0.769. The van der Waals surface area contributed by atoms with Crippen molar-refractivity contribution in [2.24, 2.45) is 0 Å². The lowest BCUT2D eigenvalue weighted by Crippen LogP contribution is -2.70. The number of carbonyl (C=O) groups is 3. The molecule has 1 aromatic carbocycles. The van der Waals surface area contributed by atoms with Gasteiger partial charge in [-0.3, -0.25) is 4.90 Å². The SMILES string of the molecule is CC(C)(C)OC(=O)NC1(C(=O)O)CC2COCC(C1)N2C(=O)OCc1ccccc1. The van der Waals surface area contributed by atoms with Crippen molar-refractivity contribution in [1.29, 1.82) is 0 Å². The molecule has 2 saturated heterocycles. The van der Waals surface area contributed by atoms with E-state index < -0.39 is 41.4 Å². The zero-order valence-electron chi connectivity index (χ0n) is 17.4. The molecular weight excluding hydrogens is 392 g/mol. The van der Waals surface area contributed by atoms with Crippen molar-refractivity contribution >= 4 is 18.2 Å². The lowest BCUT2D eigenvalue weighted by Gasteiger charge is -2.51. The van der Waals surface area contributed by atoms with Crippen molar-refractivity contribution in [2.75, 3.05) is 13.2 Å². The topological polar surface area (TPSA) is 114 Å². The highest BCUT2D eigenvalue weighted by Crippen LogP contribution is 2.35. The molecule has 2 N–H and O–H groups in total. The summed E-state index contributed by atoms with van der Waals surface area (Å²) in [6, 6.07) is 8.23. The first-order valence-corrected chi connectivity index (χ1v) is 9.91. The number of hydrogen-bond donors (Lipinski definition) is 2. The predicted octanol–water partition coefficient (Wildman–Crippen LogP) is 2.53. The summed E-state index contributed by atoms with van der Waals surface area (Å²) < 4.78 is 16.3. The van der Waals surface area contributed by atoms with Gasteiger partial charge in [-0.05, 0) is 26.3 Å². The number of ether oxygens (including phenoxy) is 3. The molecule has 9 heteroatoms. The van der Waals surface area contributed by atoms with Crippen molar-refractivity contribution in [3.8, 4) is 0 Å². The Balaban J connectivity index is 1.71. The molecule has 0 saturated carbocycles. The maximum absolute atomic E-state index is 12.8. The Morgan fingerprint density at radius 3 is 2.30 bits per heavy atom. The molecule has 164 valence electrons. The number of aliphatic carboxylic acids is 1. The van der Waals surface area contributed by atoms with Gasteiger partial charge in [0.2, 0.25) is 0 Å². The van der Waals surface area contributed by atoms with E-state index in [1.165, 1.54) is 0 Å². The minimum absolute atomic E-state index is 0.00148. The van der Waals surface area contributed by atoms with E-state index >= 15 is 0 Å². The molecule has 2 atom stereocenters. The number of nitrogens with one attached hydrogen (secondary N) is 1. The number of carbonyl (C=O) groups excluding carboxylic acids is 2. The molecule has 2 bridgehead atoms.